The molecule has 0 aromatic heterocycles. The zero-order chi connectivity index (χ0) is 31.0. The van der Waals surface area contributed by atoms with E-state index in [0.29, 0.717) is 11.3 Å². The molecule has 0 bridgehead atoms. The van der Waals surface area contributed by atoms with Gasteiger partial charge in [-0.1, -0.05) is 72.8 Å². The van der Waals surface area contributed by atoms with Crippen molar-refractivity contribution in [2.24, 2.45) is 0 Å². The van der Waals surface area contributed by atoms with Gasteiger partial charge in [0.2, 0.25) is 0 Å². The summed E-state index contributed by atoms with van der Waals surface area (Å²) in [4.78, 5) is 18.0. The summed E-state index contributed by atoms with van der Waals surface area (Å²) in [6.07, 6.45) is 4.16. The van der Waals surface area contributed by atoms with Crippen LogP contribution in [-0.2, 0) is 10.3 Å². The number of anilines is 2. The highest BCUT2D eigenvalue weighted by atomic mass is 16.5. The van der Waals surface area contributed by atoms with Gasteiger partial charge in [-0.2, -0.15) is 0 Å². The van der Waals surface area contributed by atoms with E-state index in [1.807, 2.05) is 55.5 Å². The number of methoxy groups -OCH3 is 2. The van der Waals surface area contributed by atoms with Crippen LogP contribution in [0.4, 0.5) is 11.4 Å². The van der Waals surface area contributed by atoms with E-state index >= 15 is 0 Å². The summed E-state index contributed by atoms with van der Waals surface area (Å²) in [5, 5.41) is 1.93. The first-order valence-electron chi connectivity index (χ1n) is 15.3. The Morgan fingerprint density at radius 2 is 1.40 bits per heavy atom. The van der Waals surface area contributed by atoms with Crippen LogP contribution in [0.3, 0.4) is 0 Å². The molecule has 1 atom stereocenters. The number of para-hydroxylation sites is 1. The van der Waals surface area contributed by atoms with E-state index < -0.39 is 5.60 Å². The first-order chi connectivity index (χ1) is 22.0. The van der Waals surface area contributed by atoms with Gasteiger partial charge in [0.15, 0.2) is 5.60 Å². The Morgan fingerprint density at radius 3 is 2.11 bits per heavy atom. The van der Waals surface area contributed by atoms with Crippen LogP contribution in [0.15, 0.2) is 109 Å². The molecule has 5 aromatic rings. The zero-order valence-corrected chi connectivity index (χ0v) is 25.8. The molecule has 6 nitrogen and oxygen atoms in total. The van der Waals surface area contributed by atoms with Gasteiger partial charge in [0.25, 0.3) is 0 Å². The van der Waals surface area contributed by atoms with E-state index in [-0.39, 0.29) is 5.97 Å². The van der Waals surface area contributed by atoms with E-state index in [0.717, 1.165) is 70.6 Å². The van der Waals surface area contributed by atoms with Gasteiger partial charge in [-0.3, -0.25) is 0 Å². The highest BCUT2D eigenvalue weighted by Gasteiger charge is 2.41. The lowest BCUT2D eigenvalue weighted by Gasteiger charge is -2.42. The molecule has 0 radical (unpaired) electrons. The molecular formula is C39H36N2O4. The molecule has 7 rings (SSSR count). The summed E-state index contributed by atoms with van der Waals surface area (Å²) in [6, 6.07) is 35.3. The first-order valence-corrected chi connectivity index (χ1v) is 15.3. The maximum Gasteiger partial charge on any atom is 0.338 e. The Balaban J connectivity index is 1.33. The lowest BCUT2D eigenvalue weighted by Crippen LogP contribution is -2.47. The van der Waals surface area contributed by atoms with Crippen molar-refractivity contribution >= 4 is 34.2 Å². The Bertz CT molecular complexity index is 1890. The number of rotatable bonds is 6. The summed E-state index contributed by atoms with van der Waals surface area (Å²) in [6.45, 7) is 5.49. The predicted molar refractivity (Wildman–Crippen MR) is 181 cm³/mol. The molecule has 0 saturated carbocycles. The fourth-order valence-electron chi connectivity index (χ4n) is 6.84. The molecule has 0 spiro atoms. The van der Waals surface area contributed by atoms with Gasteiger partial charge in [-0.05, 0) is 60.4 Å². The number of aryl methyl sites for hydroxylation is 1. The topological polar surface area (TPSA) is 51.2 Å². The maximum atomic E-state index is 13.1. The Morgan fingerprint density at radius 1 is 0.756 bits per heavy atom. The van der Waals surface area contributed by atoms with E-state index in [2.05, 4.69) is 76.5 Å². The molecule has 2 heterocycles. The van der Waals surface area contributed by atoms with Crippen LogP contribution in [0, 0.1) is 6.92 Å². The minimum Gasteiger partial charge on any atom is -0.497 e. The third kappa shape index (κ3) is 4.87. The summed E-state index contributed by atoms with van der Waals surface area (Å²) in [5.41, 5.74) is 5.63. The number of carbonyl (C=O) groups is 1. The summed E-state index contributed by atoms with van der Waals surface area (Å²) in [5.74, 6) is 1.17. The third-order valence-corrected chi connectivity index (χ3v) is 9.17. The van der Waals surface area contributed by atoms with Crippen molar-refractivity contribution in [2.45, 2.75) is 12.5 Å². The van der Waals surface area contributed by atoms with Crippen molar-refractivity contribution in [3.8, 4) is 11.5 Å². The highest BCUT2D eigenvalue weighted by Crippen LogP contribution is 2.49. The zero-order valence-electron chi connectivity index (χ0n) is 25.8. The normalized spacial score (nSPS) is 17.5. The van der Waals surface area contributed by atoms with Crippen LogP contribution in [0.1, 0.15) is 32.6 Å². The van der Waals surface area contributed by atoms with Crippen LogP contribution in [0.2, 0.25) is 0 Å². The summed E-state index contributed by atoms with van der Waals surface area (Å²) >= 11 is 0. The number of nitrogens with zero attached hydrogens (tertiary/aromatic N) is 2. The lowest BCUT2D eigenvalue weighted by atomic mass is 9.81. The number of benzene rings is 5. The molecule has 2 aliphatic rings. The van der Waals surface area contributed by atoms with Crippen molar-refractivity contribution in [3.05, 3.63) is 137 Å². The van der Waals surface area contributed by atoms with Gasteiger partial charge in [-0.25, -0.2) is 4.79 Å². The van der Waals surface area contributed by atoms with Gasteiger partial charge in [0, 0.05) is 59.6 Å². The van der Waals surface area contributed by atoms with Crippen LogP contribution in [0.25, 0.3) is 16.8 Å². The van der Waals surface area contributed by atoms with E-state index in [4.69, 9.17) is 14.2 Å². The Hall–Kier alpha value is -5.23. The fraction of sp³-hybridized carbons (Fsp3) is 0.205. The van der Waals surface area contributed by atoms with E-state index in [1.165, 1.54) is 12.8 Å². The van der Waals surface area contributed by atoms with Crippen LogP contribution >= 0.6 is 0 Å². The fourth-order valence-corrected chi connectivity index (χ4v) is 6.84. The molecule has 6 heteroatoms. The van der Waals surface area contributed by atoms with Crippen molar-refractivity contribution in [1.82, 2.24) is 0 Å². The van der Waals surface area contributed by atoms with Crippen molar-refractivity contribution in [2.75, 3.05) is 50.2 Å². The molecule has 1 saturated heterocycles. The Kier molecular flexibility index (Phi) is 7.42. The van der Waals surface area contributed by atoms with Gasteiger partial charge < -0.3 is 24.0 Å². The molecule has 226 valence electrons. The molecule has 1 fully saturated rings. The second-order valence-corrected chi connectivity index (χ2v) is 11.5. The third-order valence-electron chi connectivity index (χ3n) is 9.17. The SMILES string of the molecule is COC(=O)c1c2c(c3ccccc3c1C)OC(c1ccccc1)(c1ccccc1N1CCN(c3ccc(OC)cc3)CC1)C=C2. The van der Waals surface area contributed by atoms with Crippen LogP contribution in [0.5, 0.6) is 11.5 Å². The first kappa shape index (κ1) is 28.5. The maximum absolute atomic E-state index is 13.1. The number of esters is 1. The number of piperazine rings is 1. The minimum atomic E-state index is -0.927. The molecule has 0 amide bonds. The smallest absolute Gasteiger partial charge is 0.338 e. The van der Waals surface area contributed by atoms with E-state index in [1.54, 1.807) is 7.11 Å². The molecule has 0 N–H and O–H groups in total. The molecule has 5 aromatic carbocycles. The van der Waals surface area contributed by atoms with Crippen molar-refractivity contribution in [3.63, 3.8) is 0 Å². The number of carbonyl (C=O) groups excluding carboxylic acids is 1. The quantitative estimate of drug-likeness (QED) is 0.188. The van der Waals surface area contributed by atoms with Gasteiger partial charge in [0.1, 0.15) is 11.5 Å². The lowest BCUT2D eigenvalue weighted by molar-refractivity contribution is 0.0598. The number of ether oxygens (including phenoxy) is 3. The van der Waals surface area contributed by atoms with Crippen LogP contribution < -0.4 is 19.3 Å². The van der Waals surface area contributed by atoms with Crippen molar-refractivity contribution < 1.29 is 19.0 Å². The van der Waals surface area contributed by atoms with E-state index in [9.17, 15) is 4.79 Å². The van der Waals surface area contributed by atoms with Gasteiger partial charge in [0.05, 0.1) is 19.8 Å². The largest absolute Gasteiger partial charge is 0.497 e. The van der Waals surface area contributed by atoms with Gasteiger partial charge in [-0.15, -0.1) is 0 Å². The molecule has 0 aliphatic carbocycles. The number of fused-ring (bicyclic) bond motifs is 3. The van der Waals surface area contributed by atoms with Crippen molar-refractivity contribution in [1.29, 1.82) is 0 Å². The Labute approximate surface area is 264 Å². The molecule has 45 heavy (non-hydrogen) atoms. The average molecular weight is 597 g/mol. The summed E-state index contributed by atoms with van der Waals surface area (Å²) in [7, 11) is 3.12. The summed E-state index contributed by atoms with van der Waals surface area (Å²) < 4.78 is 17.9. The van der Waals surface area contributed by atoms with Gasteiger partial charge >= 0.3 is 5.97 Å². The second-order valence-electron chi connectivity index (χ2n) is 11.5. The molecular weight excluding hydrogens is 560 g/mol. The monoisotopic (exact) mass is 596 g/mol. The predicted octanol–water partition coefficient (Wildman–Crippen LogP) is 7.62. The molecule has 2 aliphatic heterocycles. The standard InChI is InChI=1S/C39H36N2O4/c1-27-31-13-7-8-14-32(31)37-33(36(27)38(42)44-3)21-22-39(45-37,28-11-5-4-6-12-28)34-15-9-10-16-35(34)41-25-23-40(24-26-41)29-17-19-30(43-2)20-18-29/h4-22H,23-26H2,1-3H3. The number of hydrogen-bond acceptors (Lipinski definition) is 6. The number of hydrogen-bond donors (Lipinski definition) is 0. The highest BCUT2D eigenvalue weighted by molar-refractivity contribution is 6.06. The second kappa shape index (κ2) is 11.7. The average Bonchev–Trinajstić information content (AvgIpc) is 3.12. The molecule has 1 unspecified atom stereocenters. The van der Waals surface area contributed by atoms with Crippen LogP contribution in [-0.4, -0.2) is 46.4 Å². The minimum absolute atomic E-state index is 0.370.